The predicted molar refractivity (Wildman–Crippen MR) is 79.3 cm³/mol. The highest BCUT2D eigenvalue weighted by Crippen LogP contribution is 2.21. The second-order valence-electron chi connectivity index (χ2n) is 4.64. The van der Waals surface area contributed by atoms with Crippen molar-refractivity contribution >= 4 is 11.6 Å². The van der Waals surface area contributed by atoms with E-state index in [4.69, 9.17) is 11.6 Å². The van der Waals surface area contributed by atoms with Crippen LogP contribution in [0.25, 0.3) is 0 Å². The molecule has 0 N–H and O–H groups in total. The molecule has 0 nitrogen and oxygen atoms in total. The Hall–Kier alpha value is -1.27. The van der Waals surface area contributed by atoms with Crippen LogP contribution in [0.4, 0.5) is 0 Å². The summed E-state index contributed by atoms with van der Waals surface area (Å²) in [6, 6.07) is 16.8. The van der Waals surface area contributed by atoms with Gasteiger partial charge in [0.1, 0.15) is 0 Å². The summed E-state index contributed by atoms with van der Waals surface area (Å²) in [4.78, 5) is 0. The molecule has 2 aromatic carbocycles. The highest BCUT2D eigenvalue weighted by molar-refractivity contribution is 6.31. The Bertz CT molecular complexity index is 502. The summed E-state index contributed by atoms with van der Waals surface area (Å²) in [5.74, 6) is 0. The van der Waals surface area contributed by atoms with E-state index in [1.165, 1.54) is 29.5 Å². The zero-order chi connectivity index (χ0) is 12.8. The van der Waals surface area contributed by atoms with Crippen molar-refractivity contribution in [2.24, 2.45) is 0 Å². The van der Waals surface area contributed by atoms with Gasteiger partial charge in [-0.1, -0.05) is 67.4 Å². The van der Waals surface area contributed by atoms with Gasteiger partial charge in [0.2, 0.25) is 0 Å². The van der Waals surface area contributed by atoms with E-state index in [9.17, 15) is 0 Å². The van der Waals surface area contributed by atoms with E-state index in [1.807, 2.05) is 12.1 Å². The number of benzene rings is 2. The lowest BCUT2D eigenvalue weighted by atomic mass is 9.96. The van der Waals surface area contributed by atoms with E-state index < -0.39 is 0 Å². The molecular formula is C17H19Cl. The average molecular weight is 259 g/mol. The Morgan fingerprint density at radius 3 is 2.11 bits per heavy atom. The number of aryl methyl sites for hydroxylation is 1. The van der Waals surface area contributed by atoms with Gasteiger partial charge >= 0.3 is 0 Å². The van der Waals surface area contributed by atoms with Crippen molar-refractivity contribution in [2.45, 2.75) is 32.6 Å². The standard InChI is InChI=1S/C17H19Cl/c1-2-3-8-14-9-4-5-10-15(14)13-16-11-6-7-12-17(16)18/h4-7,9-12H,2-3,8,13H2,1H3. The lowest BCUT2D eigenvalue weighted by molar-refractivity contribution is 0.788. The fourth-order valence-electron chi connectivity index (χ4n) is 2.19. The van der Waals surface area contributed by atoms with Gasteiger partial charge < -0.3 is 0 Å². The molecule has 94 valence electrons. The second kappa shape index (κ2) is 6.61. The van der Waals surface area contributed by atoms with E-state index >= 15 is 0 Å². The molecule has 2 rings (SSSR count). The van der Waals surface area contributed by atoms with E-state index in [0.29, 0.717) is 0 Å². The lowest BCUT2D eigenvalue weighted by Crippen LogP contribution is -1.96. The molecule has 2 aromatic rings. The first-order valence-electron chi connectivity index (χ1n) is 6.61. The molecule has 0 aliphatic carbocycles. The average Bonchev–Trinajstić information content (AvgIpc) is 2.40. The van der Waals surface area contributed by atoms with Crippen LogP contribution in [0, 0.1) is 0 Å². The Balaban J connectivity index is 2.21. The summed E-state index contributed by atoms with van der Waals surface area (Å²) in [5, 5.41) is 0.864. The minimum absolute atomic E-state index is 0.864. The van der Waals surface area contributed by atoms with Crippen LogP contribution in [0.5, 0.6) is 0 Å². The Morgan fingerprint density at radius 1 is 0.833 bits per heavy atom. The Labute approximate surface area is 115 Å². The van der Waals surface area contributed by atoms with Gasteiger partial charge in [0.05, 0.1) is 0 Å². The van der Waals surface area contributed by atoms with Crippen molar-refractivity contribution in [1.29, 1.82) is 0 Å². The van der Waals surface area contributed by atoms with Crippen molar-refractivity contribution in [2.75, 3.05) is 0 Å². The normalized spacial score (nSPS) is 10.6. The smallest absolute Gasteiger partial charge is 0.0441 e. The second-order valence-corrected chi connectivity index (χ2v) is 5.05. The number of rotatable bonds is 5. The number of halogens is 1. The maximum atomic E-state index is 6.23. The molecule has 0 unspecified atom stereocenters. The molecule has 0 aromatic heterocycles. The lowest BCUT2D eigenvalue weighted by Gasteiger charge is -2.10. The van der Waals surface area contributed by atoms with Crippen LogP contribution in [-0.4, -0.2) is 0 Å². The van der Waals surface area contributed by atoms with E-state index in [2.05, 4.69) is 43.3 Å². The zero-order valence-corrected chi connectivity index (χ0v) is 11.6. The maximum absolute atomic E-state index is 6.23. The molecule has 0 saturated heterocycles. The van der Waals surface area contributed by atoms with Gasteiger partial charge in [-0.05, 0) is 42.0 Å². The molecule has 0 aliphatic heterocycles. The number of hydrogen-bond acceptors (Lipinski definition) is 0. The molecule has 0 atom stereocenters. The van der Waals surface area contributed by atoms with Gasteiger partial charge in [-0.25, -0.2) is 0 Å². The SMILES string of the molecule is CCCCc1ccccc1Cc1ccccc1Cl. The van der Waals surface area contributed by atoms with Crippen LogP contribution in [0.3, 0.4) is 0 Å². The highest BCUT2D eigenvalue weighted by Gasteiger charge is 2.05. The quantitative estimate of drug-likeness (QED) is 0.685. The summed E-state index contributed by atoms with van der Waals surface area (Å²) in [5.41, 5.74) is 4.07. The van der Waals surface area contributed by atoms with E-state index in [-0.39, 0.29) is 0 Å². The Kier molecular flexibility index (Phi) is 4.83. The van der Waals surface area contributed by atoms with Crippen LogP contribution < -0.4 is 0 Å². The molecule has 0 heterocycles. The number of hydrogen-bond donors (Lipinski definition) is 0. The molecule has 0 amide bonds. The van der Waals surface area contributed by atoms with Crippen molar-refractivity contribution < 1.29 is 0 Å². The first-order valence-corrected chi connectivity index (χ1v) is 6.99. The fraction of sp³-hybridized carbons (Fsp3) is 0.294. The summed E-state index contributed by atoms with van der Waals surface area (Å²) in [7, 11) is 0. The fourth-order valence-corrected chi connectivity index (χ4v) is 2.39. The zero-order valence-electron chi connectivity index (χ0n) is 10.8. The van der Waals surface area contributed by atoms with Gasteiger partial charge in [-0.3, -0.25) is 0 Å². The van der Waals surface area contributed by atoms with Crippen molar-refractivity contribution in [3.8, 4) is 0 Å². The summed E-state index contributed by atoms with van der Waals surface area (Å²) >= 11 is 6.23. The molecule has 1 heteroatoms. The molecule has 18 heavy (non-hydrogen) atoms. The molecule has 0 bridgehead atoms. The van der Waals surface area contributed by atoms with Crippen LogP contribution in [-0.2, 0) is 12.8 Å². The van der Waals surface area contributed by atoms with Crippen LogP contribution in [0.1, 0.15) is 36.5 Å². The van der Waals surface area contributed by atoms with E-state index in [1.54, 1.807) is 0 Å². The summed E-state index contributed by atoms with van der Waals surface area (Å²) in [6.45, 7) is 2.23. The molecule has 0 radical (unpaired) electrons. The topological polar surface area (TPSA) is 0 Å². The van der Waals surface area contributed by atoms with Crippen LogP contribution in [0.2, 0.25) is 5.02 Å². The van der Waals surface area contributed by atoms with Crippen molar-refractivity contribution in [1.82, 2.24) is 0 Å². The van der Waals surface area contributed by atoms with Gasteiger partial charge in [0, 0.05) is 5.02 Å². The Morgan fingerprint density at radius 2 is 1.44 bits per heavy atom. The van der Waals surface area contributed by atoms with Gasteiger partial charge in [0.25, 0.3) is 0 Å². The molecule has 0 saturated carbocycles. The maximum Gasteiger partial charge on any atom is 0.0441 e. The molecular weight excluding hydrogens is 240 g/mol. The van der Waals surface area contributed by atoms with Gasteiger partial charge in [0.15, 0.2) is 0 Å². The first-order chi connectivity index (χ1) is 8.81. The minimum Gasteiger partial charge on any atom is -0.0840 e. The monoisotopic (exact) mass is 258 g/mol. The largest absolute Gasteiger partial charge is 0.0840 e. The molecule has 0 fully saturated rings. The first kappa shape index (κ1) is 13.2. The molecule has 0 spiro atoms. The number of unbranched alkanes of at least 4 members (excludes halogenated alkanes) is 1. The van der Waals surface area contributed by atoms with Gasteiger partial charge in [-0.15, -0.1) is 0 Å². The summed E-state index contributed by atoms with van der Waals surface area (Å²) in [6.07, 6.45) is 4.58. The van der Waals surface area contributed by atoms with Gasteiger partial charge in [-0.2, -0.15) is 0 Å². The highest BCUT2D eigenvalue weighted by atomic mass is 35.5. The van der Waals surface area contributed by atoms with Crippen LogP contribution >= 0.6 is 11.6 Å². The molecule has 0 aliphatic rings. The third-order valence-corrected chi connectivity index (χ3v) is 3.63. The van der Waals surface area contributed by atoms with E-state index in [0.717, 1.165) is 17.9 Å². The van der Waals surface area contributed by atoms with Crippen molar-refractivity contribution in [3.05, 3.63) is 70.2 Å². The predicted octanol–water partition coefficient (Wildman–Crippen LogP) is 5.27. The summed E-state index contributed by atoms with van der Waals surface area (Å²) < 4.78 is 0. The third kappa shape index (κ3) is 3.36. The minimum atomic E-state index is 0.864. The third-order valence-electron chi connectivity index (χ3n) is 3.26. The van der Waals surface area contributed by atoms with Crippen molar-refractivity contribution in [3.63, 3.8) is 0 Å². The van der Waals surface area contributed by atoms with Crippen LogP contribution in [0.15, 0.2) is 48.5 Å².